The molecule has 0 aromatic heterocycles. The van der Waals surface area contributed by atoms with Crippen LogP contribution in [0.25, 0.3) is 0 Å². The monoisotopic (exact) mass is 485 g/mol. The summed E-state index contributed by atoms with van der Waals surface area (Å²) in [6, 6.07) is 16.1. The molecule has 3 atom stereocenters. The van der Waals surface area contributed by atoms with Crippen LogP contribution >= 0.6 is 0 Å². The van der Waals surface area contributed by atoms with Gasteiger partial charge in [-0.2, -0.15) is 0 Å². The molecule has 3 fully saturated rings. The van der Waals surface area contributed by atoms with E-state index in [1.807, 2.05) is 0 Å². The van der Waals surface area contributed by atoms with Crippen molar-refractivity contribution in [3.05, 3.63) is 58.7 Å². The van der Waals surface area contributed by atoms with E-state index in [0.29, 0.717) is 18.0 Å². The zero-order valence-electron chi connectivity index (χ0n) is 22.5. The van der Waals surface area contributed by atoms with Gasteiger partial charge in [0.1, 0.15) is 0 Å². The van der Waals surface area contributed by atoms with Crippen molar-refractivity contribution in [2.45, 2.75) is 44.2 Å². The van der Waals surface area contributed by atoms with Gasteiger partial charge in [0.15, 0.2) is 0 Å². The minimum absolute atomic E-state index is 0.465. The molecule has 5 heteroatoms. The number of hydrogen-bond acceptors (Lipinski definition) is 5. The van der Waals surface area contributed by atoms with Crippen molar-refractivity contribution < 1.29 is 0 Å². The molecular formula is C31H43N5. The first-order chi connectivity index (χ1) is 17.5. The number of benzene rings is 2. The molecule has 2 saturated heterocycles. The molecule has 4 aliphatic heterocycles. The lowest BCUT2D eigenvalue weighted by atomic mass is 9.78. The largest absolute Gasteiger partial charge is 0.369 e. The Hall–Kier alpha value is -2.08. The first-order valence-electron chi connectivity index (χ1n) is 14.4. The molecule has 1 saturated carbocycles. The van der Waals surface area contributed by atoms with E-state index in [4.69, 9.17) is 0 Å². The van der Waals surface area contributed by atoms with Crippen molar-refractivity contribution in [3.8, 4) is 0 Å². The van der Waals surface area contributed by atoms with E-state index in [-0.39, 0.29) is 0 Å². The fourth-order valence-corrected chi connectivity index (χ4v) is 7.38. The quantitative estimate of drug-likeness (QED) is 0.648. The van der Waals surface area contributed by atoms with Crippen LogP contribution in [0.3, 0.4) is 0 Å². The highest BCUT2D eigenvalue weighted by atomic mass is 15.3. The Kier molecular flexibility index (Phi) is 5.79. The van der Waals surface area contributed by atoms with Gasteiger partial charge >= 0.3 is 0 Å². The van der Waals surface area contributed by atoms with Crippen LogP contribution in [0.2, 0.25) is 0 Å². The topological polar surface area (TPSA) is 16.2 Å². The lowest BCUT2D eigenvalue weighted by Gasteiger charge is -2.45. The summed E-state index contributed by atoms with van der Waals surface area (Å²) in [5.74, 6) is 1.39. The number of hydrogen-bond donors (Lipinski definition) is 0. The van der Waals surface area contributed by atoms with E-state index in [1.165, 1.54) is 30.8 Å². The third-order valence-electron chi connectivity index (χ3n) is 9.95. The van der Waals surface area contributed by atoms with Gasteiger partial charge < -0.3 is 19.6 Å². The van der Waals surface area contributed by atoms with Gasteiger partial charge in [-0.15, -0.1) is 0 Å². The van der Waals surface area contributed by atoms with Gasteiger partial charge in [-0.1, -0.05) is 12.1 Å². The minimum Gasteiger partial charge on any atom is -0.369 e. The van der Waals surface area contributed by atoms with Crippen LogP contribution in [0.1, 0.15) is 54.0 Å². The molecule has 2 aromatic rings. The third kappa shape index (κ3) is 4.04. The van der Waals surface area contributed by atoms with Crippen molar-refractivity contribution in [2.75, 3.05) is 82.8 Å². The lowest BCUT2D eigenvalue weighted by molar-refractivity contribution is 0.115. The summed E-state index contributed by atoms with van der Waals surface area (Å²) < 4.78 is 0. The van der Waals surface area contributed by atoms with E-state index in [1.54, 1.807) is 22.3 Å². The second-order valence-electron chi connectivity index (χ2n) is 12.4. The molecule has 36 heavy (non-hydrogen) atoms. The zero-order chi connectivity index (χ0) is 24.4. The standard InChI is InChI=1S/C31H43N5/c1-22-31-28-19-25(34-14-10-32(2)11-15-34)7-6-24(28)18-30(36(22)21-23-4-5-23)27-9-8-26(20-29(27)31)35-16-12-33(3)13-17-35/h6-9,19-20,22-23,30-31H,4-5,10-18,21H2,1-3H3/t22-,30-,31+/m1/s1. The molecule has 2 bridgehead atoms. The summed E-state index contributed by atoms with van der Waals surface area (Å²) in [7, 11) is 4.50. The second kappa shape index (κ2) is 9.04. The second-order valence-corrected chi connectivity index (χ2v) is 12.4. The van der Waals surface area contributed by atoms with Crippen LogP contribution in [-0.2, 0) is 6.42 Å². The Bertz CT molecular complexity index is 1110. The summed E-state index contributed by atoms with van der Waals surface area (Å²) in [5.41, 5.74) is 9.29. The molecular weight excluding hydrogens is 442 g/mol. The normalized spacial score (nSPS) is 29.2. The van der Waals surface area contributed by atoms with Crippen molar-refractivity contribution in [3.63, 3.8) is 0 Å². The Morgan fingerprint density at radius 1 is 0.694 bits per heavy atom. The zero-order valence-corrected chi connectivity index (χ0v) is 22.5. The summed E-state index contributed by atoms with van der Waals surface area (Å²) in [4.78, 5) is 13.0. The molecule has 0 unspecified atom stereocenters. The van der Waals surface area contributed by atoms with Crippen molar-refractivity contribution in [1.29, 1.82) is 0 Å². The molecule has 192 valence electrons. The lowest BCUT2D eigenvalue weighted by Crippen LogP contribution is -2.46. The maximum Gasteiger partial charge on any atom is 0.0394 e. The number of fused-ring (bicyclic) bond motifs is 1. The van der Waals surface area contributed by atoms with E-state index < -0.39 is 0 Å². The van der Waals surface area contributed by atoms with Crippen molar-refractivity contribution in [1.82, 2.24) is 14.7 Å². The Morgan fingerprint density at radius 3 is 1.89 bits per heavy atom. The van der Waals surface area contributed by atoms with Crippen LogP contribution in [0.5, 0.6) is 0 Å². The number of piperazine rings is 2. The molecule has 5 nitrogen and oxygen atoms in total. The summed E-state index contributed by atoms with van der Waals surface area (Å²) in [6.07, 6.45) is 4.01. The van der Waals surface area contributed by atoms with Gasteiger partial charge in [0, 0.05) is 88.3 Å². The molecule has 6 aliphatic rings. The molecule has 2 aromatic carbocycles. The molecule has 0 amide bonds. The third-order valence-corrected chi connectivity index (χ3v) is 9.95. The van der Waals surface area contributed by atoms with Crippen molar-refractivity contribution >= 4 is 11.4 Å². The Balaban J connectivity index is 1.29. The number of anilines is 2. The van der Waals surface area contributed by atoms with Gasteiger partial charge in [0.05, 0.1) is 0 Å². The maximum atomic E-state index is 2.90. The van der Waals surface area contributed by atoms with Gasteiger partial charge in [-0.25, -0.2) is 0 Å². The van der Waals surface area contributed by atoms with Gasteiger partial charge in [0.2, 0.25) is 0 Å². The van der Waals surface area contributed by atoms with Crippen LogP contribution in [0.15, 0.2) is 36.4 Å². The van der Waals surface area contributed by atoms with E-state index in [9.17, 15) is 0 Å². The Morgan fingerprint density at radius 2 is 1.28 bits per heavy atom. The summed E-state index contributed by atoms with van der Waals surface area (Å²) in [5, 5.41) is 0. The number of likely N-dealkylation sites (N-methyl/N-ethyl adjacent to an activating group) is 2. The van der Waals surface area contributed by atoms with Gasteiger partial charge in [-0.05, 0) is 92.7 Å². The highest BCUT2D eigenvalue weighted by Gasteiger charge is 2.45. The average molecular weight is 486 g/mol. The molecule has 0 spiro atoms. The van der Waals surface area contributed by atoms with Gasteiger partial charge in [-0.3, -0.25) is 4.90 Å². The van der Waals surface area contributed by atoms with E-state index in [0.717, 1.165) is 64.7 Å². The number of nitrogens with zero attached hydrogens (tertiary/aromatic N) is 5. The average Bonchev–Trinajstić information content (AvgIpc) is 3.73. The van der Waals surface area contributed by atoms with Crippen molar-refractivity contribution in [2.24, 2.45) is 5.92 Å². The highest BCUT2D eigenvalue weighted by molar-refractivity contribution is 5.61. The maximum absolute atomic E-state index is 2.90. The van der Waals surface area contributed by atoms with E-state index in [2.05, 4.69) is 81.9 Å². The van der Waals surface area contributed by atoms with Crippen LogP contribution in [0, 0.1) is 5.92 Å². The first kappa shape index (κ1) is 23.1. The summed E-state index contributed by atoms with van der Waals surface area (Å²) >= 11 is 0. The molecule has 0 radical (unpaired) electrons. The number of rotatable bonds is 4. The fraction of sp³-hybridized carbons (Fsp3) is 0.613. The van der Waals surface area contributed by atoms with Gasteiger partial charge in [0.25, 0.3) is 0 Å². The molecule has 8 rings (SSSR count). The van der Waals surface area contributed by atoms with Crippen LogP contribution in [0.4, 0.5) is 11.4 Å². The predicted octanol–water partition coefficient (Wildman–Crippen LogP) is 4.03. The SMILES string of the molecule is C[C@@H]1[C@H]2c3cc(N4CCN(C)CC4)ccc3C[C@H](c3ccc(N4CCN(C)CC4)cc32)N1CC1CC1. The van der Waals surface area contributed by atoms with Crippen LogP contribution in [-0.4, -0.2) is 93.7 Å². The summed E-state index contributed by atoms with van der Waals surface area (Å²) in [6.45, 7) is 13.0. The van der Waals surface area contributed by atoms with E-state index >= 15 is 0 Å². The molecule has 0 N–H and O–H groups in total. The molecule has 4 heterocycles. The Labute approximate surface area is 217 Å². The first-order valence-corrected chi connectivity index (χ1v) is 14.4. The minimum atomic E-state index is 0.465. The molecule has 2 aliphatic carbocycles. The predicted molar refractivity (Wildman–Crippen MR) is 149 cm³/mol. The highest BCUT2D eigenvalue weighted by Crippen LogP contribution is 2.52. The van der Waals surface area contributed by atoms with Crippen LogP contribution < -0.4 is 9.80 Å². The smallest absolute Gasteiger partial charge is 0.0394 e. The fourth-order valence-electron chi connectivity index (χ4n) is 7.38.